The van der Waals surface area contributed by atoms with Gasteiger partial charge in [0.15, 0.2) is 6.73 Å². The summed E-state index contributed by atoms with van der Waals surface area (Å²) in [5.41, 5.74) is 0.0827. The third-order valence-corrected chi connectivity index (χ3v) is 6.74. The van der Waals surface area contributed by atoms with Crippen molar-refractivity contribution in [2.24, 2.45) is 5.92 Å². The van der Waals surface area contributed by atoms with Crippen molar-refractivity contribution in [1.82, 2.24) is 30.1 Å². The number of nitrogens with zero attached hydrogens (tertiary/aromatic N) is 6. The maximum absolute atomic E-state index is 12.3. The van der Waals surface area contributed by atoms with Crippen LogP contribution < -0.4 is 15.5 Å². The summed E-state index contributed by atoms with van der Waals surface area (Å²) >= 11 is 0. The van der Waals surface area contributed by atoms with Gasteiger partial charge in [-0.05, 0) is 52.0 Å². The summed E-state index contributed by atoms with van der Waals surface area (Å²) in [6, 6.07) is 3.85. The molecule has 3 rings (SSSR count). The van der Waals surface area contributed by atoms with Crippen LogP contribution in [0.25, 0.3) is 11.0 Å². The van der Waals surface area contributed by atoms with Crippen LogP contribution in [0.5, 0.6) is 0 Å². The molecule has 1 saturated heterocycles. The van der Waals surface area contributed by atoms with Crippen molar-refractivity contribution in [1.29, 1.82) is 5.26 Å². The molecular formula is C27H40N8O5. The lowest BCUT2D eigenvalue weighted by atomic mass is 9.92. The number of nitriles is 1. The summed E-state index contributed by atoms with van der Waals surface area (Å²) in [6.07, 6.45) is 4.32. The maximum Gasteiger partial charge on any atom is 0.408 e. The normalized spacial score (nSPS) is 17.1. The summed E-state index contributed by atoms with van der Waals surface area (Å²) in [5.74, 6) is 0.891. The van der Waals surface area contributed by atoms with E-state index >= 15 is 0 Å². The van der Waals surface area contributed by atoms with Crippen LogP contribution in [0.2, 0.25) is 0 Å². The first-order chi connectivity index (χ1) is 19.0. The van der Waals surface area contributed by atoms with Crippen molar-refractivity contribution >= 4 is 34.9 Å². The molecule has 0 unspecified atom stereocenters. The number of fused-ring (bicyclic) bond motifs is 1. The van der Waals surface area contributed by atoms with E-state index in [2.05, 4.69) is 32.4 Å². The minimum Gasteiger partial charge on any atom is -0.444 e. The van der Waals surface area contributed by atoms with Crippen molar-refractivity contribution in [3.8, 4) is 6.07 Å². The highest BCUT2D eigenvalue weighted by molar-refractivity contribution is 5.88. The fraction of sp³-hybridized carbons (Fsp3) is 0.630. The van der Waals surface area contributed by atoms with Gasteiger partial charge in [0, 0.05) is 39.4 Å². The zero-order valence-corrected chi connectivity index (χ0v) is 24.0. The molecule has 0 spiro atoms. The van der Waals surface area contributed by atoms with Crippen molar-refractivity contribution in [3.05, 3.63) is 18.6 Å². The van der Waals surface area contributed by atoms with E-state index in [4.69, 9.17) is 14.7 Å². The van der Waals surface area contributed by atoms with Crippen LogP contribution in [0.1, 0.15) is 53.4 Å². The number of piperidine rings is 1. The second-order valence-electron chi connectivity index (χ2n) is 11.0. The molecule has 0 radical (unpaired) electrons. The summed E-state index contributed by atoms with van der Waals surface area (Å²) in [5, 5.41) is 15.1. The quantitative estimate of drug-likeness (QED) is 0.420. The molecule has 13 nitrogen and oxygen atoms in total. The Balaban J connectivity index is 1.50. The highest BCUT2D eigenvalue weighted by Crippen LogP contribution is 2.29. The lowest BCUT2D eigenvalue weighted by Crippen LogP contribution is -2.52. The minimum absolute atomic E-state index is 0.0219. The fourth-order valence-corrected chi connectivity index (χ4v) is 4.62. The van der Waals surface area contributed by atoms with Gasteiger partial charge in [0.05, 0.1) is 17.5 Å². The van der Waals surface area contributed by atoms with Gasteiger partial charge >= 0.3 is 12.2 Å². The molecule has 0 saturated carbocycles. The molecule has 13 heteroatoms. The number of carbonyl (C=O) groups excluding carboxylic acids is 3. The SMILES string of the molecule is C[C@@H]1CCN(C(=O)CC#N)C[C@@H]1N(C)c1ncnc2c1ccn2COC(=O)NCCCCNC(=O)OC(C)(C)C. The number of amides is 3. The van der Waals surface area contributed by atoms with Crippen LogP contribution in [0, 0.1) is 17.2 Å². The van der Waals surface area contributed by atoms with Gasteiger partial charge in [-0.25, -0.2) is 19.6 Å². The van der Waals surface area contributed by atoms with Crippen molar-refractivity contribution in [3.63, 3.8) is 0 Å². The van der Waals surface area contributed by atoms with E-state index in [0.717, 1.165) is 17.6 Å². The Morgan fingerprint density at radius 2 is 1.88 bits per heavy atom. The van der Waals surface area contributed by atoms with Crippen LogP contribution in [-0.4, -0.2) is 82.4 Å². The minimum atomic E-state index is -0.550. The molecule has 2 atom stereocenters. The zero-order chi connectivity index (χ0) is 29.3. The first kappa shape index (κ1) is 30.5. The third-order valence-electron chi connectivity index (χ3n) is 6.74. The van der Waals surface area contributed by atoms with Gasteiger partial charge in [0.1, 0.15) is 29.8 Å². The Bertz CT molecular complexity index is 1220. The van der Waals surface area contributed by atoms with Gasteiger partial charge in [-0.3, -0.25) is 9.36 Å². The van der Waals surface area contributed by atoms with Crippen LogP contribution in [0.3, 0.4) is 0 Å². The molecular weight excluding hydrogens is 516 g/mol. The highest BCUT2D eigenvalue weighted by atomic mass is 16.6. The number of unbranched alkanes of at least 4 members (excludes halogenated alkanes) is 1. The molecule has 1 fully saturated rings. The number of alkyl carbamates (subject to hydrolysis) is 2. The number of likely N-dealkylation sites (N-methyl/N-ethyl adjacent to an activating group) is 1. The zero-order valence-electron chi connectivity index (χ0n) is 24.0. The molecule has 2 N–H and O–H groups in total. The van der Waals surface area contributed by atoms with Gasteiger partial charge in [-0.15, -0.1) is 0 Å². The van der Waals surface area contributed by atoms with Gasteiger partial charge < -0.3 is 29.9 Å². The molecule has 3 amide bonds. The maximum atomic E-state index is 12.3. The monoisotopic (exact) mass is 556 g/mol. The predicted molar refractivity (Wildman–Crippen MR) is 148 cm³/mol. The highest BCUT2D eigenvalue weighted by Gasteiger charge is 2.32. The second-order valence-corrected chi connectivity index (χ2v) is 11.0. The number of anilines is 1. The van der Waals surface area contributed by atoms with Gasteiger partial charge in [-0.1, -0.05) is 6.92 Å². The number of rotatable bonds is 10. The van der Waals surface area contributed by atoms with E-state index in [1.165, 1.54) is 6.33 Å². The second kappa shape index (κ2) is 13.8. The lowest BCUT2D eigenvalue weighted by Gasteiger charge is -2.42. The van der Waals surface area contributed by atoms with E-state index in [1.807, 2.05) is 19.2 Å². The number of likely N-dealkylation sites (tertiary alicyclic amines) is 1. The van der Waals surface area contributed by atoms with Gasteiger partial charge in [0.25, 0.3) is 0 Å². The first-order valence-corrected chi connectivity index (χ1v) is 13.5. The van der Waals surface area contributed by atoms with E-state index in [1.54, 1.807) is 36.4 Å². The summed E-state index contributed by atoms with van der Waals surface area (Å²) in [7, 11) is 1.95. The third kappa shape index (κ3) is 8.46. The molecule has 40 heavy (non-hydrogen) atoms. The molecule has 0 aromatic carbocycles. The summed E-state index contributed by atoms with van der Waals surface area (Å²) < 4.78 is 12.3. The van der Waals surface area contributed by atoms with Crippen LogP contribution in [-0.2, 0) is 21.0 Å². The molecule has 1 aliphatic heterocycles. The Morgan fingerprint density at radius 1 is 1.18 bits per heavy atom. The Kier molecular flexibility index (Phi) is 10.5. The van der Waals surface area contributed by atoms with E-state index in [0.29, 0.717) is 50.6 Å². The van der Waals surface area contributed by atoms with Crippen LogP contribution in [0.15, 0.2) is 18.6 Å². The van der Waals surface area contributed by atoms with E-state index in [9.17, 15) is 14.4 Å². The molecule has 0 aliphatic carbocycles. The Hall–Kier alpha value is -4.08. The number of hydrogen-bond donors (Lipinski definition) is 2. The summed E-state index contributed by atoms with van der Waals surface area (Å²) in [6.45, 7) is 9.56. The van der Waals surface area contributed by atoms with Crippen molar-refractivity contribution in [2.75, 3.05) is 38.1 Å². The Labute approximate surface area is 234 Å². The van der Waals surface area contributed by atoms with Gasteiger partial charge in [-0.2, -0.15) is 5.26 Å². The average Bonchev–Trinajstić information content (AvgIpc) is 3.31. The smallest absolute Gasteiger partial charge is 0.408 e. The predicted octanol–water partition coefficient (Wildman–Crippen LogP) is 3.01. The van der Waals surface area contributed by atoms with Crippen molar-refractivity contribution in [2.45, 2.75) is 71.8 Å². The average molecular weight is 557 g/mol. The van der Waals surface area contributed by atoms with Crippen molar-refractivity contribution < 1.29 is 23.9 Å². The summed E-state index contributed by atoms with van der Waals surface area (Å²) in [4.78, 5) is 48.9. The van der Waals surface area contributed by atoms with E-state index < -0.39 is 17.8 Å². The first-order valence-electron chi connectivity index (χ1n) is 13.5. The lowest BCUT2D eigenvalue weighted by molar-refractivity contribution is -0.131. The van der Waals surface area contributed by atoms with E-state index in [-0.39, 0.29) is 25.1 Å². The number of hydrogen-bond acceptors (Lipinski definition) is 9. The number of ether oxygens (including phenoxy) is 2. The van der Waals surface area contributed by atoms with Crippen LogP contribution in [0.4, 0.5) is 15.4 Å². The topological polar surface area (TPSA) is 155 Å². The molecule has 1 aliphatic rings. The van der Waals surface area contributed by atoms with Gasteiger partial charge in [0.2, 0.25) is 5.91 Å². The van der Waals surface area contributed by atoms with Crippen LogP contribution >= 0.6 is 0 Å². The Morgan fingerprint density at radius 3 is 2.55 bits per heavy atom. The number of aromatic nitrogens is 3. The number of nitrogens with one attached hydrogen (secondary N) is 2. The molecule has 2 aromatic heterocycles. The standard InChI is InChI=1S/C27H40N8O5/c1-19-9-14-34(22(36)8-11-28)16-21(19)33(5)23-20-10-15-35(24(20)32-17-31-23)18-39-25(37)29-12-6-7-13-30-26(38)40-27(2,3)4/h10,15,17,19,21H,6-9,12-14,16,18H2,1-5H3,(H,29,37)(H,30,38)/t19-,21+/m1/s1. The molecule has 218 valence electrons. The number of carbonyl (C=O) groups is 3. The fourth-order valence-electron chi connectivity index (χ4n) is 4.62. The molecule has 3 heterocycles. The largest absolute Gasteiger partial charge is 0.444 e. The molecule has 2 aromatic rings. The molecule has 0 bridgehead atoms.